The topological polar surface area (TPSA) is 17.1 Å². The quantitative estimate of drug-likeness (QED) is 0.521. The molecule has 0 spiro atoms. The zero-order valence-electron chi connectivity index (χ0n) is 11.3. The summed E-state index contributed by atoms with van der Waals surface area (Å²) >= 11 is 0. The highest BCUT2D eigenvalue weighted by molar-refractivity contribution is 8.77. The van der Waals surface area contributed by atoms with Gasteiger partial charge in [0.25, 0.3) is 0 Å². The molecule has 0 fully saturated rings. The van der Waals surface area contributed by atoms with E-state index < -0.39 is 10.8 Å². The minimum absolute atomic E-state index is 0.209. The van der Waals surface area contributed by atoms with Crippen molar-refractivity contribution in [2.45, 2.75) is 10.6 Å². The second-order valence-corrected chi connectivity index (χ2v) is 7.95. The summed E-state index contributed by atoms with van der Waals surface area (Å²) in [4.78, 5) is 0.853. The number of hydrogen-bond donors (Lipinski definition) is 0. The zero-order valence-corrected chi connectivity index (χ0v) is 13.7. The van der Waals surface area contributed by atoms with E-state index >= 15 is 0 Å². The van der Waals surface area contributed by atoms with Gasteiger partial charge in [0.1, 0.15) is 5.82 Å². The van der Waals surface area contributed by atoms with Crippen molar-refractivity contribution in [2.24, 2.45) is 0 Å². The van der Waals surface area contributed by atoms with Crippen LogP contribution in [-0.2, 0) is 16.6 Å². The SMILES string of the molecule is O=S(C/C=C\SSCc1ccc(F)cc1)c1ccccc1. The Hall–Kier alpha value is -1.04. The van der Waals surface area contributed by atoms with Crippen LogP contribution in [0.1, 0.15) is 5.56 Å². The molecule has 1 unspecified atom stereocenters. The van der Waals surface area contributed by atoms with E-state index in [0.29, 0.717) is 5.75 Å². The van der Waals surface area contributed by atoms with E-state index in [0.717, 1.165) is 16.2 Å². The van der Waals surface area contributed by atoms with Gasteiger partial charge in [-0.3, -0.25) is 4.21 Å². The standard InChI is InChI=1S/C16H15FOS3/c17-15-9-7-14(8-10-15)13-20-19-11-4-12-21(18)16-5-2-1-3-6-16/h1-11H,12-13H2/b11-4-. The van der Waals surface area contributed by atoms with E-state index in [1.54, 1.807) is 33.7 Å². The van der Waals surface area contributed by atoms with Crippen LogP contribution >= 0.6 is 21.6 Å². The minimum atomic E-state index is -0.979. The van der Waals surface area contributed by atoms with Crippen LogP contribution < -0.4 is 0 Å². The minimum Gasteiger partial charge on any atom is -0.254 e. The molecule has 1 atom stereocenters. The Kier molecular flexibility index (Phi) is 7.06. The van der Waals surface area contributed by atoms with Gasteiger partial charge in [-0.2, -0.15) is 0 Å². The third-order valence-electron chi connectivity index (χ3n) is 2.61. The average molecular weight is 338 g/mol. The van der Waals surface area contributed by atoms with Crippen LogP contribution in [0.25, 0.3) is 0 Å². The normalized spacial score (nSPS) is 12.6. The first kappa shape index (κ1) is 16.3. The Bertz CT molecular complexity index is 597. The maximum absolute atomic E-state index is 12.7. The summed E-state index contributed by atoms with van der Waals surface area (Å²) in [5.41, 5.74) is 1.09. The fraction of sp³-hybridized carbons (Fsp3) is 0.125. The fourth-order valence-corrected chi connectivity index (χ4v) is 4.34. The zero-order chi connectivity index (χ0) is 14.9. The summed E-state index contributed by atoms with van der Waals surface area (Å²) in [6.07, 6.45) is 1.92. The van der Waals surface area contributed by atoms with Gasteiger partial charge in [-0.15, -0.1) is 0 Å². The van der Waals surface area contributed by atoms with Gasteiger partial charge >= 0.3 is 0 Å². The molecule has 0 saturated carbocycles. The van der Waals surface area contributed by atoms with E-state index in [-0.39, 0.29) is 5.82 Å². The van der Waals surface area contributed by atoms with Gasteiger partial charge in [-0.1, -0.05) is 58.0 Å². The van der Waals surface area contributed by atoms with Crippen molar-refractivity contribution >= 4 is 32.4 Å². The van der Waals surface area contributed by atoms with Crippen molar-refractivity contribution in [1.82, 2.24) is 0 Å². The molecule has 110 valence electrons. The average Bonchev–Trinajstić information content (AvgIpc) is 2.53. The van der Waals surface area contributed by atoms with Gasteiger partial charge in [-0.05, 0) is 35.2 Å². The number of benzene rings is 2. The summed E-state index contributed by atoms with van der Waals surface area (Å²) in [5, 5.41) is 1.95. The third-order valence-corrected chi connectivity index (χ3v) is 5.89. The molecule has 0 N–H and O–H groups in total. The van der Waals surface area contributed by atoms with Crippen LogP contribution in [0.2, 0.25) is 0 Å². The molecule has 5 heteroatoms. The highest BCUT2D eigenvalue weighted by Crippen LogP contribution is 2.26. The van der Waals surface area contributed by atoms with E-state index in [1.165, 1.54) is 12.1 Å². The maximum Gasteiger partial charge on any atom is 0.123 e. The van der Waals surface area contributed by atoms with Crippen molar-refractivity contribution in [2.75, 3.05) is 5.75 Å². The molecule has 0 saturated heterocycles. The smallest absolute Gasteiger partial charge is 0.123 e. The summed E-state index contributed by atoms with van der Waals surface area (Å²) in [7, 11) is 2.29. The molecular weight excluding hydrogens is 323 g/mol. The monoisotopic (exact) mass is 338 g/mol. The molecule has 2 aromatic rings. The summed E-state index contributed by atoms with van der Waals surface area (Å²) < 4.78 is 24.7. The fourth-order valence-electron chi connectivity index (χ4n) is 1.56. The van der Waals surface area contributed by atoms with Gasteiger partial charge in [0.15, 0.2) is 0 Å². The molecule has 0 amide bonds. The Labute approximate surface area is 134 Å². The molecule has 0 bridgehead atoms. The molecule has 0 aliphatic carbocycles. The highest BCUT2D eigenvalue weighted by Gasteiger charge is 1.99. The van der Waals surface area contributed by atoms with Crippen molar-refractivity contribution in [3.8, 4) is 0 Å². The molecule has 0 aliphatic rings. The molecule has 0 radical (unpaired) electrons. The molecule has 1 nitrogen and oxygen atoms in total. The lowest BCUT2D eigenvalue weighted by Crippen LogP contribution is -1.93. The van der Waals surface area contributed by atoms with E-state index in [9.17, 15) is 8.60 Å². The first-order chi connectivity index (χ1) is 10.3. The molecule has 2 aromatic carbocycles. The molecule has 2 rings (SSSR count). The summed E-state index contributed by atoms with van der Waals surface area (Å²) in [5.74, 6) is 1.13. The van der Waals surface area contributed by atoms with E-state index in [4.69, 9.17) is 0 Å². The van der Waals surface area contributed by atoms with E-state index in [2.05, 4.69) is 0 Å². The molecule has 0 heterocycles. The van der Waals surface area contributed by atoms with Crippen LogP contribution in [0.5, 0.6) is 0 Å². The van der Waals surface area contributed by atoms with Crippen molar-refractivity contribution < 1.29 is 8.60 Å². The van der Waals surface area contributed by atoms with Crippen LogP contribution in [-0.4, -0.2) is 9.96 Å². The molecule has 21 heavy (non-hydrogen) atoms. The molecule has 0 aliphatic heterocycles. The maximum atomic E-state index is 12.7. The predicted octanol–water partition coefficient (Wildman–Crippen LogP) is 5.03. The Morgan fingerprint density at radius 2 is 1.76 bits per heavy atom. The Morgan fingerprint density at radius 3 is 2.48 bits per heavy atom. The Morgan fingerprint density at radius 1 is 1.05 bits per heavy atom. The van der Waals surface area contributed by atoms with Gasteiger partial charge in [0, 0.05) is 16.4 Å². The summed E-state index contributed by atoms with van der Waals surface area (Å²) in [6.45, 7) is 0. The van der Waals surface area contributed by atoms with Gasteiger partial charge in [0.2, 0.25) is 0 Å². The lowest BCUT2D eigenvalue weighted by molar-refractivity contribution is 0.627. The second-order valence-electron chi connectivity index (χ2n) is 4.18. The predicted molar refractivity (Wildman–Crippen MR) is 92.1 cm³/mol. The largest absolute Gasteiger partial charge is 0.254 e. The summed E-state index contributed by atoms with van der Waals surface area (Å²) in [6, 6.07) is 16.0. The van der Waals surface area contributed by atoms with Crippen molar-refractivity contribution in [1.29, 1.82) is 0 Å². The van der Waals surface area contributed by atoms with Crippen molar-refractivity contribution in [3.63, 3.8) is 0 Å². The van der Waals surface area contributed by atoms with Crippen LogP contribution in [0, 0.1) is 5.82 Å². The van der Waals surface area contributed by atoms with Gasteiger partial charge < -0.3 is 0 Å². The lowest BCUT2D eigenvalue weighted by atomic mass is 10.2. The third kappa shape index (κ3) is 6.08. The first-order valence-electron chi connectivity index (χ1n) is 6.37. The molecule has 0 aromatic heterocycles. The Balaban J connectivity index is 1.67. The number of halogens is 1. The van der Waals surface area contributed by atoms with E-state index in [1.807, 2.05) is 41.8 Å². The molecular formula is C16H15FOS3. The van der Waals surface area contributed by atoms with Crippen molar-refractivity contribution in [3.05, 3.63) is 77.5 Å². The number of rotatable bonds is 7. The lowest BCUT2D eigenvalue weighted by Gasteiger charge is -1.99. The number of hydrogen-bond acceptors (Lipinski definition) is 3. The van der Waals surface area contributed by atoms with Crippen LogP contribution in [0.4, 0.5) is 4.39 Å². The first-order valence-corrected chi connectivity index (χ1v) is 10.1. The van der Waals surface area contributed by atoms with Gasteiger partial charge in [0.05, 0.1) is 10.8 Å². The second kappa shape index (κ2) is 9.07. The van der Waals surface area contributed by atoms with Crippen LogP contribution in [0.15, 0.2) is 71.0 Å². The van der Waals surface area contributed by atoms with Gasteiger partial charge in [-0.25, -0.2) is 4.39 Å². The van der Waals surface area contributed by atoms with Crippen LogP contribution in [0.3, 0.4) is 0 Å². The highest BCUT2D eigenvalue weighted by atomic mass is 33.1.